The fourth-order valence-electron chi connectivity index (χ4n) is 4.50. The fourth-order valence-corrected chi connectivity index (χ4v) is 9.70. The summed E-state index contributed by atoms with van der Waals surface area (Å²) in [7, 11) is -2.78. The van der Waals surface area contributed by atoms with E-state index in [1.807, 2.05) is 0 Å². The molecule has 0 saturated carbocycles. The van der Waals surface area contributed by atoms with Crippen molar-refractivity contribution in [2.45, 2.75) is 98.1 Å². The lowest BCUT2D eigenvalue weighted by Crippen LogP contribution is -2.56. The largest absolute Gasteiger partial charge is 0.0774 e. The van der Waals surface area contributed by atoms with Gasteiger partial charge in [-0.1, -0.05) is 128 Å². The van der Waals surface area contributed by atoms with Gasteiger partial charge in [-0.15, -0.1) is 0 Å². The highest BCUT2D eigenvalue weighted by Crippen LogP contribution is 2.37. The predicted octanol–water partition coefficient (Wildman–Crippen LogP) is 7.47. The Hall–Kier alpha value is -1.39. The third kappa shape index (κ3) is 5.17. The smallest absolute Gasteiger partial charge is 0.0656 e. The molecule has 0 radical (unpaired) electrons. The maximum atomic E-state index is 2.59. The van der Waals surface area contributed by atoms with Gasteiger partial charge in [-0.2, -0.15) is 0 Å². The predicted molar refractivity (Wildman–Crippen MR) is 148 cm³/mol. The summed E-state index contributed by atoms with van der Waals surface area (Å²) in [6, 6.07) is 12.5. The Morgan fingerprint density at radius 3 is 1.48 bits per heavy atom. The lowest BCUT2D eigenvalue weighted by molar-refractivity contribution is 0.568. The highest BCUT2D eigenvalue weighted by atomic mass is 28.3. The average molecular weight is 449 g/mol. The Labute approximate surface area is 194 Å². The van der Waals surface area contributed by atoms with Crippen LogP contribution in [0.15, 0.2) is 30.3 Å². The van der Waals surface area contributed by atoms with Crippen LogP contribution in [-0.2, 0) is 17.3 Å². The summed E-state index contributed by atoms with van der Waals surface area (Å²) in [6.07, 6.45) is 3.55. The van der Waals surface area contributed by atoms with Gasteiger partial charge in [-0.3, -0.25) is 0 Å². The van der Waals surface area contributed by atoms with Crippen molar-refractivity contribution < 1.29 is 0 Å². The number of rotatable bonds is 3. The molecule has 3 rings (SSSR count). The molecule has 0 bridgehead atoms. The SMILES string of the molecule is CC(C)(C)c1cc(C2=Cc3cc([Si](C)(C)C)c([Si](C)(C)C)cc3C2)cc(C(C)(C)C)c1. The van der Waals surface area contributed by atoms with Gasteiger partial charge in [0.1, 0.15) is 0 Å². The molecule has 0 amide bonds. The van der Waals surface area contributed by atoms with Crippen LogP contribution < -0.4 is 10.4 Å². The van der Waals surface area contributed by atoms with E-state index >= 15 is 0 Å². The molecule has 168 valence electrons. The van der Waals surface area contributed by atoms with E-state index in [0.29, 0.717) is 0 Å². The summed E-state index contributed by atoms with van der Waals surface area (Å²) in [4.78, 5) is 0. The third-order valence-corrected chi connectivity index (χ3v) is 11.0. The third-order valence-electron chi connectivity index (χ3n) is 6.64. The van der Waals surface area contributed by atoms with E-state index in [1.54, 1.807) is 10.4 Å². The summed E-state index contributed by atoms with van der Waals surface area (Å²) in [5, 5.41) is 3.38. The van der Waals surface area contributed by atoms with Crippen molar-refractivity contribution in [1.29, 1.82) is 0 Å². The molecule has 1 aliphatic rings. The minimum atomic E-state index is -1.39. The molecular weight excluding hydrogens is 404 g/mol. The van der Waals surface area contributed by atoms with Crippen LogP contribution in [0.25, 0.3) is 11.6 Å². The van der Waals surface area contributed by atoms with Gasteiger partial charge in [0.2, 0.25) is 0 Å². The Morgan fingerprint density at radius 2 is 1.06 bits per heavy atom. The molecule has 0 heterocycles. The summed E-state index contributed by atoms with van der Waals surface area (Å²) >= 11 is 0. The summed E-state index contributed by atoms with van der Waals surface area (Å²) in [5.74, 6) is 0. The van der Waals surface area contributed by atoms with Crippen LogP contribution in [0.1, 0.15) is 69.4 Å². The van der Waals surface area contributed by atoms with Crippen molar-refractivity contribution in [1.82, 2.24) is 0 Å². The van der Waals surface area contributed by atoms with Gasteiger partial charge < -0.3 is 0 Å². The molecule has 0 saturated heterocycles. The van der Waals surface area contributed by atoms with Gasteiger partial charge in [0.25, 0.3) is 0 Å². The van der Waals surface area contributed by atoms with Gasteiger partial charge in [-0.05, 0) is 50.6 Å². The zero-order valence-electron chi connectivity index (χ0n) is 22.2. The normalized spacial score (nSPS) is 15.2. The first-order valence-corrected chi connectivity index (χ1v) is 18.9. The molecule has 0 unspecified atom stereocenters. The first kappa shape index (κ1) is 24.3. The van der Waals surface area contributed by atoms with Crippen LogP contribution >= 0.6 is 0 Å². The second-order valence-electron chi connectivity index (χ2n) is 13.7. The van der Waals surface area contributed by atoms with E-state index in [0.717, 1.165) is 6.42 Å². The molecular formula is C29H44Si2. The number of benzene rings is 2. The van der Waals surface area contributed by atoms with Crippen molar-refractivity contribution in [3.8, 4) is 0 Å². The highest BCUT2D eigenvalue weighted by Gasteiger charge is 2.30. The molecule has 1 aliphatic carbocycles. The quantitative estimate of drug-likeness (QED) is 0.427. The van der Waals surface area contributed by atoms with Gasteiger partial charge >= 0.3 is 0 Å². The lowest BCUT2D eigenvalue weighted by atomic mass is 9.78. The van der Waals surface area contributed by atoms with Crippen LogP contribution in [-0.4, -0.2) is 16.1 Å². The van der Waals surface area contributed by atoms with E-state index in [1.165, 1.54) is 33.4 Å². The molecule has 0 spiro atoms. The van der Waals surface area contributed by atoms with Crippen LogP contribution in [0.2, 0.25) is 39.3 Å². The second-order valence-corrected chi connectivity index (χ2v) is 23.8. The lowest BCUT2D eigenvalue weighted by Gasteiger charge is -2.29. The summed E-state index contributed by atoms with van der Waals surface area (Å²) in [5.41, 5.74) is 9.09. The van der Waals surface area contributed by atoms with E-state index < -0.39 is 16.1 Å². The number of hydrogen-bond acceptors (Lipinski definition) is 0. The fraction of sp³-hybridized carbons (Fsp3) is 0.517. The van der Waals surface area contributed by atoms with E-state index in [2.05, 4.69) is 117 Å². The van der Waals surface area contributed by atoms with Crippen LogP contribution in [0.5, 0.6) is 0 Å². The van der Waals surface area contributed by atoms with E-state index in [9.17, 15) is 0 Å². The van der Waals surface area contributed by atoms with Crippen molar-refractivity contribution in [2.75, 3.05) is 0 Å². The van der Waals surface area contributed by atoms with Crippen molar-refractivity contribution in [3.63, 3.8) is 0 Å². The molecule has 31 heavy (non-hydrogen) atoms. The minimum absolute atomic E-state index is 0.151. The Kier molecular flexibility index (Phi) is 5.94. The van der Waals surface area contributed by atoms with Gasteiger partial charge in [0.15, 0.2) is 0 Å². The molecule has 0 fully saturated rings. The Morgan fingerprint density at radius 1 is 0.613 bits per heavy atom. The molecule has 0 aromatic heterocycles. The molecule has 0 nitrogen and oxygen atoms in total. The zero-order chi connectivity index (χ0) is 23.6. The minimum Gasteiger partial charge on any atom is -0.0656 e. The standard InChI is InChI=1S/C29H44Si2/c1-28(2,3)24-15-23(16-25(19-24)29(4,5)6)20-13-21-17-26(30(7,8)9)27(31(10,11)12)18-22(21)14-20/h13,15-19H,14H2,1-12H3. The monoisotopic (exact) mass is 448 g/mol. The summed E-state index contributed by atoms with van der Waals surface area (Å²) in [6.45, 7) is 29.0. The number of hydrogen-bond donors (Lipinski definition) is 0. The zero-order valence-corrected chi connectivity index (χ0v) is 24.2. The van der Waals surface area contributed by atoms with Crippen molar-refractivity contribution in [3.05, 3.63) is 58.1 Å². The topological polar surface area (TPSA) is 0 Å². The van der Waals surface area contributed by atoms with Gasteiger partial charge in [-0.25, -0.2) is 0 Å². The molecule has 2 aromatic carbocycles. The molecule has 0 atom stereocenters. The van der Waals surface area contributed by atoms with Crippen molar-refractivity contribution >= 4 is 38.2 Å². The first-order valence-electron chi connectivity index (χ1n) is 11.9. The number of fused-ring (bicyclic) bond motifs is 1. The van der Waals surface area contributed by atoms with Crippen molar-refractivity contribution in [2.24, 2.45) is 0 Å². The first-order chi connectivity index (χ1) is 13.9. The highest BCUT2D eigenvalue weighted by molar-refractivity contribution is 6.98. The van der Waals surface area contributed by atoms with Crippen LogP contribution in [0.3, 0.4) is 0 Å². The molecule has 0 aliphatic heterocycles. The maximum Gasteiger partial charge on any atom is 0.0774 e. The van der Waals surface area contributed by atoms with Gasteiger partial charge in [0.05, 0.1) is 16.1 Å². The average Bonchev–Trinajstić information content (AvgIpc) is 3.00. The van der Waals surface area contributed by atoms with E-state index in [4.69, 9.17) is 0 Å². The van der Waals surface area contributed by atoms with E-state index in [-0.39, 0.29) is 10.8 Å². The Balaban J connectivity index is 2.15. The molecule has 2 heteroatoms. The molecule has 0 N–H and O–H groups in total. The Bertz CT molecular complexity index is 994. The van der Waals surface area contributed by atoms with Gasteiger partial charge in [0, 0.05) is 0 Å². The number of allylic oxidation sites excluding steroid dienone is 1. The second kappa shape index (κ2) is 7.59. The molecule has 2 aromatic rings. The van der Waals surface area contributed by atoms with Crippen LogP contribution in [0, 0.1) is 0 Å². The van der Waals surface area contributed by atoms with Crippen LogP contribution in [0.4, 0.5) is 0 Å². The summed E-state index contributed by atoms with van der Waals surface area (Å²) < 4.78 is 0. The maximum absolute atomic E-state index is 2.59.